The summed E-state index contributed by atoms with van der Waals surface area (Å²) in [5, 5.41) is 9.12. The van der Waals surface area contributed by atoms with E-state index in [-0.39, 0.29) is 5.91 Å². The summed E-state index contributed by atoms with van der Waals surface area (Å²) in [5.41, 5.74) is 1.41. The molecule has 2 aromatic rings. The van der Waals surface area contributed by atoms with Gasteiger partial charge in [0.15, 0.2) is 0 Å². The lowest BCUT2D eigenvalue weighted by molar-refractivity contribution is 0.103. The Bertz CT molecular complexity index is 591. The first-order chi connectivity index (χ1) is 8.52. The SMILES string of the molecule is COc1nn(C)cc1NC(=O)c1scc(C)c1Cl. The van der Waals surface area contributed by atoms with Crippen molar-refractivity contribution in [2.75, 3.05) is 12.4 Å². The van der Waals surface area contributed by atoms with Crippen LogP contribution in [0.2, 0.25) is 5.02 Å². The molecule has 0 radical (unpaired) electrons. The standard InChI is InChI=1S/C11H12ClN3O2S/c1-6-5-18-9(8(6)12)10(16)13-7-4-15(2)14-11(7)17-3/h4-5H,1-3H3,(H,13,16). The van der Waals surface area contributed by atoms with Gasteiger partial charge >= 0.3 is 0 Å². The van der Waals surface area contributed by atoms with E-state index in [1.807, 2.05) is 12.3 Å². The highest BCUT2D eigenvalue weighted by molar-refractivity contribution is 7.13. The van der Waals surface area contributed by atoms with Gasteiger partial charge in [-0.3, -0.25) is 9.48 Å². The molecule has 96 valence electrons. The van der Waals surface area contributed by atoms with Crippen LogP contribution in [0.25, 0.3) is 0 Å². The summed E-state index contributed by atoms with van der Waals surface area (Å²) in [5.74, 6) is 0.111. The van der Waals surface area contributed by atoms with Gasteiger partial charge < -0.3 is 10.1 Å². The third kappa shape index (κ3) is 2.34. The number of anilines is 1. The van der Waals surface area contributed by atoms with Crippen molar-refractivity contribution < 1.29 is 9.53 Å². The lowest BCUT2D eigenvalue weighted by atomic mass is 10.3. The highest BCUT2D eigenvalue weighted by Gasteiger charge is 2.17. The largest absolute Gasteiger partial charge is 0.478 e. The summed E-state index contributed by atoms with van der Waals surface area (Å²) in [4.78, 5) is 12.5. The van der Waals surface area contributed by atoms with Gasteiger partial charge in [0.05, 0.1) is 18.3 Å². The summed E-state index contributed by atoms with van der Waals surface area (Å²) in [6.45, 7) is 1.86. The van der Waals surface area contributed by atoms with Gasteiger partial charge in [0.1, 0.15) is 10.6 Å². The maximum Gasteiger partial charge on any atom is 0.267 e. The van der Waals surface area contributed by atoms with Crippen LogP contribution in [0.1, 0.15) is 15.2 Å². The summed E-state index contributed by atoms with van der Waals surface area (Å²) >= 11 is 7.36. The number of hydrogen-bond acceptors (Lipinski definition) is 4. The van der Waals surface area contributed by atoms with Crippen molar-refractivity contribution >= 4 is 34.5 Å². The highest BCUT2D eigenvalue weighted by Crippen LogP contribution is 2.29. The molecule has 0 aliphatic rings. The zero-order valence-corrected chi connectivity index (χ0v) is 11.7. The van der Waals surface area contributed by atoms with Gasteiger partial charge in [-0.25, -0.2) is 0 Å². The minimum absolute atomic E-state index is 0.260. The molecule has 0 bridgehead atoms. The van der Waals surface area contributed by atoms with Crippen LogP contribution < -0.4 is 10.1 Å². The molecule has 2 aromatic heterocycles. The number of carbonyl (C=O) groups is 1. The molecule has 7 heteroatoms. The number of carbonyl (C=O) groups excluding carboxylic acids is 1. The Morgan fingerprint density at radius 1 is 1.61 bits per heavy atom. The molecule has 0 aromatic carbocycles. The predicted molar refractivity (Wildman–Crippen MR) is 71.8 cm³/mol. The van der Waals surface area contributed by atoms with Crippen LogP contribution in [0.3, 0.4) is 0 Å². The minimum Gasteiger partial charge on any atom is -0.478 e. The molecule has 2 heterocycles. The first-order valence-electron chi connectivity index (χ1n) is 5.15. The molecule has 0 spiro atoms. The number of nitrogens with one attached hydrogen (secondary N) is 1. The molecule has 0 fully saturated rings. The van der Waals surface area contributed by atoms with E-state index in [9.17, 15) is 4.79 Å². The highest BCUT2D eigenvalue weighted by atomic mass is 35.5. The zero-order chi connectivity index (χ0) is 13.3. The number of hydrogen-bond donors (Lipinski definition) is 1. The zero-order valence-electron chi connectivity index (χ0n) is 10.2. The number of nitrogens with zero attached hydrogens (tertiary/aromatic N) is 2. The van der Waals surface area contributed by atoms with Crippen LogP contribution in [0.5, 0.6) is 5.88 Å². The van der Waals surface area contributed by atoms with Crippen LogP contribution in [0.15, 0.2) is 11.6 Å². The second-order valence-corrected chi connectivity index (χ2v) is 5.00. The number of halogens is 1. The number of aromatic nitrogens is 2. The quantitative estimate of drug-likeness (QED) is 0.943. The number of rotatable bonds is 3. The summed E-state index contributed by atoms with van der Waals surface area (Å²) in [7, 11) is 3.25. The third-order valence-electron chi connectivity index (χ3n) is 2.34. The smallest absolute Gasteiger partial charge is 0.267 e. The van der Waals surface area contributed by atoms with Crippen molar-refractivity contribution in [3.63, 3.8) is 0 Å². The molecule has 0 atom stereocenters. The molecule has 0 saturated heterocycles. The molecule has 0 aliphatic carbocycles. The van der Waals surface area contributed by atoms with Gasteiger partial charge in [0.25, 0.3) is 11.8 Å². The Kier molecular flexibility index (Phi) is 3.58. The van der Waals surface area contributed by atoms with Crippen LogP contribution in [-0.2, 0) is 7.05 Å². The molecule has 1 N–H and O–H groups in total. The summed E-state index contributed by atoms with van der Waals surface area (Å²) in [6, 6.07) is 0. The third-order valence-corrected chi connectivity index (χ3v) is 4.04. The predicted octanol–water partition coefficient (Wildman–Crippen LogP) is 2.70. The number of amides is 1. The summed E-state index contributed by atoms with van der Waals surface area (Å²) in [6.07, 6.45) is 1.67. The molecular formula is C11H12ClN3O2S. The summed E-state index contributed by atoms with van der Waals surface area (Å²) < 4.78 is 6.63. The van der Waals surface area contributed by atoms with Crippen LogP contribution in [-0.4, -0.2) is 22.8 Å². The van der Waals surface area contributed by atoms with Crippen molar-refractivity contribution in [2.45, 2.75) is 6.92 Å². The Balaban J connectivity index is 2.23. The second kappa shape index (κ2) is 4.99. The van der Waals surface area contributed by atoms with E-state index >= 15 is 0 Å². The minimum atomic E-state index is -0.260. The molecular weight excluding hydrogens is 274 g/mol. The molecule has 0 aliphatic heterocycles. The maximum atomic E-state index is 12.0. The fourth-order valence-electron chi connectivity index (χ4n) is 1.47. The van der Waals surface area contributed by atoms with Gasteiger partial charge in [-0.05, 0) is 17.9 Å². The maximum absolute atomic E-state index is 12.0. The Labute approximate surface area is 113 Å². The van der Waals surface area contributed by atoms with Crippen molar-refractivity contribution in [1.82, 2.24) is 9.78 Å². The van der Waals surface area contributed by atoms with Crippen LogP contribution in [0, 0.1) is 6.92 Å². The van der Waals surface area contributed by atoms with Gasteiger partial charge in [0.2, 0.25) is 0 Å². The fraction of sp³-hybridized carbons (Fsp3) is 0.273. The first kappa shape index (κ1) is 12.9. The molecule has 1 amide bonds. The Hall–Kier alpha value is -1.53. The number of aryl methyl sites for hydroxylation is 2. The van der Waals surface area contributed by atoms with Crippen LogP contribution in [0.4, 0.5) is 5.69 Å². The van der Waals surface area contributed by atoms with Gasteiger partial charge in [-0.2, -0.15) is 0 Å². The monoisotopic (exact) mass is 285 g/mol. The molecule has 5 nitrogen and oxygen atoms in total. The normalized spacial score (nSPS) is 10.4. The second-order valence-electron chi connectivity index (χ2n) is 3.74. The van der Waals surface area contributed by atoms with Crippen molar-refractivity contribution in [3.05, 3.63) is 27.0 Å². The number of ether oxygens (including phenoxy) is 1. The van der Waals surface area contributed by atoms with E-state index in [1.165, 1.54) is 18.4 Å². The van der Waals surface area contributed by atoms with E-state index < -0.39 is 0 Å². The molecule has 0 saturated carbocycles. The molecule has 18 heavy (non-hydrogen) atoms. The lowest BCUT2D eigenvalue weighted by Gasteiger charge is -2.03. The van der Waals surface area contributed by atoms with Gasteiger partial charge in [0, 0.05) is 7.05 Å². The fourth-order valence-corrected chi connectivity index (χ4v) is 2.64. The average molecular weight is 286 g/mol. The first-order valence-corrected chi connectivity index (χ1v) is 6.41. The van der Waals surface area contributed by atoms with Gasteiger partial charge in [-0.1, -0.05) is 11.6 Å². The molecule has 2 rings (SSSR count). The Morgan fingerprint density at radius 3 is 2.89 bits per heavy atom. The van der Waals surface area contributed by atoms with Crippen molar-refractivity contribution in [2.24, 2.45) is 7.05 Å². The topological polar surface area (TPSA) is 56.1 Å². The van der Waals surface area contributed by atoms with E-state index in [0.717, 1.165) is 5.56 Å². The van der Waals surface area contributed by atoms with Gasteiger partial charge in [-0.15, -0.1) is 16.4 Å². The van der Waals surface area contributed by atoms with Crippen molar-refractivity contribution in [3.8, 4) is 5.88 Å². The van der Waals surface area contributed by atoms with E-state index in [4.69, 9.17) is 16.3 Å². The van der Waals surface area contributed by atoms with E-state index in [2.05, 4.69) is 10.4 Å². The average Bonchev–Trinajstić information content (AvgIpc) is 2.84. The Morgan fingerprint density at radius 2 is 2.33 bits per heavy atom. The number of thiophene rings is 1. The van der Waals surface area contributed by atoms with Crippen LogP contribution >= 0.6 is 22.9 Å². The van der Waals surface area contributed by atoms with Crippen molar-refractivity contribution in [1.29, 1.82) is 0 Å². The number of methoxy groups -OCH3 is 1. The molecule has 0 unspecified atom stereocenters. The van der Waals surface area contributed by atoms with E-state index in [0.29, 0.717) is 21.5 Å². The lowest BCUT2D eigenvalue weighted by Crippen LogP contribution is -2.11. The van der Waals surface area contributed by atoms with E-state index in [1.54, 1.807) is 17.9 Å².